The van der Waals surface area contributed by atoms with E-state index < -0.39 is 0 Å². The molecule has 1 unspecified atom stereocenters. The van der Waals surface area contributed by atoms with Crippen LogP contribution in [0.25, 0.3) is 12.2 Å². The van der Waals surface area contributed by atoms with E-state index in [4.69, 9.17) is 28.4 Å². The van der Waals surface area contributed by atoms with Crippen molar-refractivity contribution in [2.45, 2.75) is 25.6 Å². The van der Waals surface area contributed by atoms with Crippen LogP contribution >= 0.6 is 0 Å². The molecule has 1 atom stereocenters. The van der Waals surface area contributed by atoms with Gasteiger partial charge < -0.3 is 28.4 Å². The molecule has 1 heterocycles. The Morgan fingerprint density at radius 1 is 0.759 bits per heavy atom. The third-order valence-electron chi connectivity index (χ3n) is 4.74. The molecular weight excluding hydrogens is 372 g/mol. The first-order valence-electron chi connectivity index (χ1n) is 9.62. The highest BCUT2D eigenvalue weighted by atomic mass is 16.7. The third-order valence-corrected chi connectivity index (χ3v) is 4.74. The average Bonchev–Trinajstić information content (AvgIpc) is 2.78. The van der Waals surface area contributed by atoms with Crippen LogP contribution in [0.2, 0.25) is 0 Å². The topological polar surface area (TPSA) is 55.4 Å². The highest BCUT2D eigenvalue weighted by Gasteiger charge is 2.19. The Kier molecular flexibility index (Phi) is 7.25. The molecule has 0 bridgehead atoms. The molecule has 0 amide bonds. The molecule has 3 rings (SSSR count). The molecular formula is C23H28O6. The van der Waals surface area contributed by atoms with Gasteiger partial charge in [0.25, 0.3) is 0 Å². The fraction of sp³-hybridized carbons (Fsp3) is 0.391. The number of ether oxygens (including phenoxy) is 6. The molecule has 2 aromatic rings. The van der Waals surface area contributed by atoms with E-state index in [9.17, 15) is 0 Å². The quantitative estimate of drug-likeness (QED) is 0.594. The summed E-state index contributed by atoms with van der Waals surface area (Å²) in [6.45, 7) is 0.717. The van der Waals surface area contributed by atoms with Gasteiger partial charge in [-0.25, -0.2) is 0 Å². The molecule has 0 aromatic heterocycles. The minimum Gasteiger partial charge on any atom is -0.497 e. The summed E-state index contributed by atoms with van der Waals surface area (Å²) in [4.78, 5) is 0. The van der Waals surface area contributed by atoms with Crippen molar-refractivity contribution in [1.82, 2.24) is 0 Å². The van der Waals surface area contributed by atoms with Crippen molar-refractivity contribution in [2.75, 3.05) is 35.0 Å². The Hall–Kier alpha value is -2.86. The standard InChI is InChI=1S/C23H28O6/c1-24-18-11-16(12-19(14-18)25-2)8-9-17-13-21(27-4)22(15-20(17)26-3)29-23-7-5-6-10-28-23/h8-9,11-15,23H,5-7,10H2,1-4H3/b9-8+. The zero-order chi connectivity index (χ0) is 20.6. The molecule has 156 valence electrons. The summed E-state index contributed by atoms with van der Waals surface area (Å²) < 4.78 is 33.5. The van der Waals surface area contributed by atoms with Crippen LogP contribution in [-0.4, -0.2) is 41.3 Å². The second-order valence-corrected chi connectivity index (χ2v) is 6.64. The van der Waals surface area contributed by atoms with Crippen LogP contribution in [0.3, 0.4) is 0 Å². The zero-order valence-electron chi connectivity index (χ0n) is 17.4. The SMILES string of the molecule is COc1cc(/C=C/c2cc(OC)c(OC3CCCCO3)cc2OC)cc(OC)c1. The van der Waals surface area contributed by atoms with Crippen LogP contribution in [0.4, 0.5) is 0 Å². The molecule has 6 nitrogen and oxygen atoms in total. The highest BCUT2D eigenvalue weighted by molar-refractivity contribution is 5.75. The van der Waals surface area contributed by atoms with Gasteiger partial charge in [0.05, 0.1) is 35.0 Å². The first kappa shape index (κ1) is 20.9. The van der Waals surface area contributed by atoms with Crippen molar-refractivity contribution in [3.05, 3.63) is 41.5 Å². The average molecular weight is 400 g/mol. The van der Waals surface area contributed by atoms with Gasteiger partial charge in [-0.15, -0.1) is 0 Å². The smallest absolute Gasteiger partial charge is 0.200 e. The van der Waals surface area contributed by atoms with Crippen LogP contribution < -0.4 is 23.7 Å². The first-order chi connectivity index (χ1) is 14.2. The minimum atomic E-state index is -0.256. The van der Waals surface area contributed by atoms with Gasteiger partial charge in [0.1, 0.15) is 17.2 Å². The molecule has 1 saturated heterocycles. The molecule has 0 aliphatic carbocycles. The van der Waals surface area contributed by atoms with Crippen molar-refractivity contribution >= 4 is 12.2 Å². The molecule has 0 N–H and O–H groups in total. The Morgan fingerprint density at radius 3 is 2.07 bits per heavy atom. The third kappa shape index (κ3) is 5.35. The van der Waals surface area contributed by atoms with Gasteiger partial charge in [0.2, 0.25) is 0 Å². The van der Waals surface area contributed by atoms with Crippen LogP contribution in [-0.2, 0) is 4.74 Å². The molecule has 29 heavy (non-hydrogen) atoms. The summed E-state index contributed by atoms with van der Waals surface area (Å²) in [6, 6.07) is 9.43. The predicted octanol–water partition coefficient (Wildman–Crippen LogP) is 4.80. The van der Waals surface area contributed by atoms with Crippen molar-refractivity contribution in [2.24, 2.45) is 0 Å². The molecule has 0 spiro atoms. The van der Waals surface area contributed by atoms with E-state index in [1.807, 2.05) is 42.5 Å². The van der Waals surface area contributed by atoms with E-state index in [0.717, 1.165) is 48.5 Å². The maximum absolute atomic E-state index is 6.01. The fourth-order valence-corrected chi connectivity index (χ4v) is 3.17. The van der Waals surface area contributed by atoms with Gasteiger partial charge >= 0.3 is 0 Å². The van der Waals surface area contributed by atoms with Gasteiger partial charge in [0.15, 0.2) is 17.8 Å². The van der Waals surface area contributed by atoms with Crippen LogP contribution in [0.1, 0.15) is 30.4 Å². The second kappa shape index (κ2) is 10.1. The fourth-order valence-electron chi connectivity index (χ4n) is 3.17. The Balaban J connectivity index is 1.87. The van der Waals surface area contributed by atoms with Gasteiger partial charge in [0, 0.05) is 24.1 Å². The molecule has 1 aliphatic rings. The molecule has 2 aromatic carbocycles. The van der Waals surface area contributed by atoms with Crippen molar-refractivity contribution in [3.8, 4) is 28.7 Å². The molecule has 1 aliphatic heterocycles. The van der Waals surface area contributed by atoms with E-state index >= 15 is 0 Å². The summed E-state index contributed by atoms with van der Waals surface area (Å²) >= 11 is 0. The largest absolute Gasteiger partial charge is 0.497 e. The summed E-state index contributed by atoms with van der Waals surface area (Å²) in [7, 11) is 6.52. The van der Waals surface area contributed by atoms with Crippen molar-refractivity contribution in [3.63, 3.8) is 0 Å². The lowest BCUT2D eigenvalue weighted by Crippen LogP contribution is -2.25. The number of hydrogen-bond donors (Lipinski definition) is 0. The second-order valence-electron chi connectivity index (χ2n) is 6.64. The van der Waals surface area contributed by atoms with Gasteiger partial charge in [-0.2, -0.15) is 0 Å². The Bertz CT molecular complexity index is 817. The van der Waals surface area contributed by atoms with Crippen LogP contribution in [0.15, 0.2) is 30.3 Å². The van der Waals surface area contributed by atoms with Gasteiger partial charge in [-0.3, -0.25) is 0 Å². The molecule has 1 fully saturated rings. The van der Waals surface area contributed by atoms with Crippen molar-refractivity contribution in [1.29, 1.82) is 0 Å². The number of hydrogen-bond acceptors (Lipinski definition) is 6. The highest BCUT2D eigenvalue weighted by Crippen LogP contribution is 2.37. The molecule has 0 saturated carbocycles. The molecule has 0 radical (unpaired) electrons. The minimum absolute atomic E-state index is 0.256. The number of benzene rings is 2. The van der Waals surface area contributed by atoms with E-state index in [1.165, 1.54) is 0 Å². The maximum atomic E-state index is 6.01. The lowest BCUT2D eigenvalue weighted by atomic mass is 10.1. The maximum Gasteiger partial charge on any atom is 0.200 e. The summed E-state index contributed by atoms with van der Waals surface area (Å²) in [5.74, 6) is 3.37. The van der Waals surface area contributed by atoms with E-state index in [0.29, 0.717) is 17.2 Å². The number of methoxy groups -OCH3 is 4. The van der Waals surface area contributed by atoms with Gasteiger partial charge in [-0.05, 0) is 36.6 Å². The normalized spacial score (nSPS) is 16.5. The first-order valence-corrected chi connectivity index (χ1v) is 9.62. The lowest BCUT2D eigenvalue weighted by Gasteiger charge is -2.24. The Morgan fingerprint density at radius 2 is 1.48 bits per heavy atom. The van der Waals surface area contributed by atoms with Crippen LogP contribution in [0.5, 0.6) is 28.7 Å². The predicted molar refractivity (Wildman–Crippen MR) is 112 cm³/mol. The van der Waals surface area contributed by atoms with E-state index in [2.05, 4.69) is 0 Å². The summed E-state index contributed by atoms with van der Waals surface area (Å²) in [6.07, 6.45) is 6.69. The Labute approximate surface area is 171 Å². The van der Waals surface area contributed by atoms with Crippen molar-refractivity contribution < 1.29 is 28.4 Å². The van der Waals surface area contributed by atoms with Crippen LogP contribution in [0, 0.1) is 0 Å². The van der Waals surface area contributed by atoms with E-state index in [-0.39, 0.29) is 6.29 Å². The van der Waals surface area contributed by atoms with Gasteiger partial charge in [-0.1, -0.05) is 12.2 Å². The zero-order valence-corrected chi connectivity index (χ0v) is 17.4. The summed E-state index contributed by atoms with van der Waals surface area (Å²) in [5.41, 5.74) is 1.81. The molecule has 6 heteroatoms. The summed E-state index contributed by atoms with van der Waals surface area (Å²) in [5, 5.41) is 0. The van der Waals surface area contributed by atoms with E-state index in [1.54, 1.807) is 28.4 Å². The lowest BCUT2D eigenvalue weighted by molar-refractivity contribution is -0.106. The monoisotopic (exact) mass is 400 g/mol. The number of rotatable bonds is 8.